The molecule has 0 aliphatic heterocycles. The number of ether oxygens (including phenoxy) is 1. The maximum atomic E-state index is 14.4. The Morgan fingerprint density at radius 3 is 2.45 bits per heavy atom. The first-order valence-corrected chi connectivity index (χ1v) is 7.79. The quantitative estimate of drug-likeness (QED) is 0.856. The number of carbonyl (C=O) groups excluding carboxylic acids is 1. The van der Waals surface area contributed by atoms with E-state index < -0.39 is 17.2 Å². The highest BCUT2D eigenvalue weighted by atomic mass is 19.1. The molecule has 122 valence electrons. The first-order chi connectivity index (χ1) is 10.2. The summed E-state index contributed by atoms with van der Waals surface area (Å²) >= 11 is 0. The number of hydrogen-bond acceptors (Lipinski definition) is 3. The van der Waals surface area contributed by atoms with Gasteiger partial charge < -0.3 is 10.5 Å². The third-order valence-corrected chi connectivity index (χ3v) is 3.90. The van der Waals surface area contributed by atoms with E-state index in [1.807, 2.05) is 0 Å². The summed E-state index contributed by atoms with van der Waals surface area (Å²) in [7, 11) is 0. The number of amides is 1. The summed E-state index contributed by atoms with van der Waals surface area (Å²) in [5, 5.41) is 2.54. The highest BCUT2D eigenvalue weighted by Crippen LogP contribution is 2.36. The lowest BCUT2D eigenvalue weighted by molar-refractivity contribution is 0.0636. The van der Waals surface area contributed by atoms with Crippen LogP contribution in [0.25, 0.3) is 0 Å². The van der Waals surface area contributed by atoms with Crippen LogP contribution in [0.2, 0.25) is 0 Å². The highest BCUT2D eigenvalue weighted by molar-refractivity contribution is 5.84. The summed E-state index contributed by atoms with van der Waals surface area (Å²) in [6, 6.07) is 4.65. The molecule has 0 aromatic heterocycles. The van der Waals surface area contributed by atoms with E-state index in [9.17, 15) is 9.18 Å². The van der Waals surface area contributed by atoms with Crippen LogP contribution in [-0.4, -0.2) is 11.7 Å². The van der Waals surface area contributed by atoms with Gasteiger partial charge >= 0.3 is 6.09 Å². The van der Waals surface area contributed by atoms with Crippen molar-refractivity contribution in [2.45, 2.75) is 64.0 Å². The van der Waals surface area contributed by atoms with E-state index in [4.69, 9.17) is 10.5 Å². The Morgan fingerprint density at radius 1 is 1.27 bits per heavy atom. The van der Waals surface area contributed by atoms with E-state index in [0.29, 0.717) is 11.3 Å². The number of nitrogens with one attached hydrogen (secondary N) is 1. The SMILES string of the molecule is CC(C)(C)OC(=O)Nc1ccc(C2(N)CCCCC2)c(F)c1. The van der Waals surface area contributed by atoms with Crippen molar-refractivity contribution in [1.82, 2.24) is 0 Å². The molecule has 2 rings (SSSR count). The van der Waals surface area contributed by atoms with Gasteiger partial charge in [-0.3, -0.25) is 5.32 Å². The van der Waals surface area contributed by atoms with Crippen LogP contribution in [0.15, 0.2) is 18.2 Å². The Labute approximate surface area is 131 Å². The van der Waals surface area contributed by atoms with Gasteiger partial charge in [0.05, 0.1) is 0 Å². The second kappa shape index (κ2) is 6.24. The fourth-order valence-corrected chi connectivity index (χ4v) is 2.87. The summed E-state index contributed by atoms with van der Waals surface area (Å²) in [6.45, 7) is 5.33. The minimum atomic E-state index is -0.597. The van der Waals surface area contributed by atoms with Gasteiger partial charge in [-0.2, -0.15) is 0 Å². The number of benzene rings is 1. The van der Waals surface area contributed by atoms with Crippen LogP contribution in [0.4, 0.5) is 14.9 Å². The van der Waals surface area contributed by atoms with Crippen LogP contribution in [0, 0.1) is 5.82 Å². The lowest BCUT2D eigenvalue weighted by Gasteiger charge is -2.34. The average Bonchev–Trinajstić information content (AvgIpc) is 2.36. The zero-order chi connectivity index (χ0) is 16.4. The normalized spacial score (nSPS) is 17.9. The fourth-order valence-electron chi connectivity index (χ4n) is 2.87. The molecular formula is C17H25FN2O2. The molecule has 0 atom stereocenters. The molecule has 4 nitrogen and oxygen atoms in total. The molecule has 5 heteroatoms. The Bertz CT molecular complexity index is 546. The second-order valence-corrected chi connectivity index (χ2v) is 7.04. The average molecular weight is 308 g/mol. The molecule has 0 radical (unpaired) electrons. The van der Waals surface area contributed by atoms with Crippen molar-refractivity contribution in [1.29, 1.82) is 0 Å². The topological polar surface area (TPSA) is 64.3 Å². The number of rotatable bonds is 2. The standard InChI is InChI=1S/C17H25FN2O2/c1-16(2,3)22-15(21)20-12-7-8-13(14(18)11-12)17(19)9-5-4-6-10-17/h7-8,11H,4-6,9-10,19H2,1-3H3,(H,20,21). The van der Waals surface area contributed by atoms with E-state index in [1.165, 1.54) is 6.07 Å². The molecule has 0 bridgehead atoms. The number of nitrogens with two attached hydrogens (primary N) is 1. The van der Waals surface area contributed by atoms with Crippen LogP contribution in [-0.2, 0) is 10.3 Å². The number of hydrogen-bond donors (Lipinski definition) is 2. The monoisotopic (exact) mass is 308 g/mol. The molecule has 0 heterocycles. The van der Waals surface area contributed by atoms with Crippen LogP contribution in [0.1, 0.15) is 58.4 Å². The maximum absolute atomic E-state index is 14.4. The van der Waals surface area contributed by atoms with Gasteiger partial charge in [-0.15, -0.1) is 0 Å². The van der Waals surface area contributed by atoms with Gasteiger partial charge in [0.25, 0.3) is 0 Å². The van der Waals surface area contributed by atoms with E-state index in [2.05, 4.69) is 5.32 Å². The van der Waals surface area contributed by atoms with E-state index >= 15 is 0 Å². The van der Waals surface area contributed by atoms with Crippen LogP contribution in [0.5, 0.6) is 0 Å². The summed E-state index contributed by atoms with van der Waals surface area (Å²) in [6.07, 6.45) is 4.19. The Morgan fingerprint density at radius 2 is 1.91 bits per heavy atom. The third-order valence-electron chi connectivity index (χ3n) is 3.90. The van der Waals surface area contributed by atoms with Crippen LogP contribution >= 0.6 is 0 Å². The molecule has 1 amide bonds. The van der Waals surface area contributed by atoms with Crippen molar-refractivity contribution in [2.24, 2.45) is 5.73 Å². The van der Waals surface area contributed by atoms with Gasteiger partial charge in [-0.05, 0) is 45.7 Å². The molecule has 3 N–H and O–H groups in total. The van der Waals surface area contributed by atoms with Gasteiger partial charge in [-0.1, -0.05) is 25.3 Å². The Balaban J connectivity index is 2.11. The minimum Gasteiger partial charge on any atom is -0.444 e. The first kappa shape index (κ1) is 16.7. The van der Waals surface area contributed by atoms with Gasteiger partial charge in [0, 0.05) is 16.8 Å². The van der Waals surface area contributed by atoms with E-state index in [1.54, 1.807) is 32.9 Å². The summed E-state index contributed by atoms with van der Waals surface area (Å²) in [5.74, 6) is -0.377. The molecule has 22 heavy (non-hydrogen) atoms. The second-order valence-electron chi connectivity index (χ2n) is 7.04. The minimum absolute atomic E-state index is 0.370. The maximum Gasteiger partial charge on any atom is 0.412 e. The Kier molecular flexibility index (Phi) is 4.75. The Hall–Kier alpha value is -1.62. The van der Waals surface area contributed by atoms with Crippen LogP contribution in [0.3, 0.4) is 0 Å². The van der Waals surface area contributed by atoms with Crippen molar-refractivity contribution >= 4 is 11.8 Å². The van der Waals surface area contributed by atoms with Gasteiger partial charge in [0.1, 0.15) is 11.4 Å². The lowest BCUT2D eigenvalue weighted by Crippen LogP contribution is -2.39. The van der Waals surface area contributed by atoms with Crippen molar-refractivity contribution < 1.29 is 13.9 Å². The number of halogens is 1. The lowest BCUT2D eigenvalue weighted by atomic mass is 9.77. The summed E-state index contributed by atoms with van der Waals surface area (Å²) in [5.41, 5.74) is 6.08. The smallest absolute Gasteiger partial charge is 0.412 e. The van der Waals surface area contributed by atoms with Crippen molar-refractivity contribution in [3.05, 3.63) is 29.6 Å². The molecular weight excluding hydrogens is 283 g/mol. The predicted molar refractivity (Wildman–Crippen MR) is 85.2 cm³/mol. The van der Waals surface area contributed by atoms with Crippen molar-refractivity contribution in [3.63, 3.8) is 0 Å². The largest absolute Gasteiger partial charge is 0.444 e. The van der Waals surface area contributed by atoms with E-state index in [0.717, 1.165) is 32.1 Å². The molecule has 0 saturated heterocycles. The molecule has 1 saturated carbocycles. The van der Waals surface area contributed by atoms with E-state index in [-0.39, 0.29) is 5.82 Å². The molecule has 1 aliphatic rings. The summed E-state index contributed by atoms with van der Waals surface area (Å²) < 4.78 is 19.5. The third kappa shape index (κ3) is 4.19. The molecule has 1 aliphatic carbocycles. The summed E-state index contributed by atoms with van der Waals surface area (Å²) in [4.78, 5) is 11.7. The van der Waals surface area contributed by atoms with Crippen LogP contribution < -0.4 is 11.1 Å². The van der Waals surface area contributed by atoms with Crippen molar-refractivity contribution in [2.75, 3.05) is 5.32 Å². The molecule has 1 aromatic rings. The van der Waals surface area contributed by atoms with Crippen molar-refractivity contribution in [3.8, 4) is 0 Å². The van der Waals surface area contributed by atoms with Gasteiger partial charge in [0.15, 0.2) is 0 Å². The zero-order valence-corrected chi connectivity index (χ0v) is 13.5. The zero-order valence-electron chi connectivity index (χ0n) is 13.5. The molecule has 0 spiro atoms. The molecule has 1 fully saturated rings. The fraction of sp³-hybridized carbons (Fsp3) is 0.588. The highest BCUT2D eigenvalue weighted by Gasteiger charge is 2.32. The molecule has 1 aromatic carbocycles. The number of carbonyl (C=O) groups is 1. The number of anilines is 1. The van der Waals surface area contributed by atoms with Gasteiger partial charge in [-0.25, -0.2) is 9.18 Å². The van der Waals surface area contributed by atoms with Gasteiger partial charge in [0.2, 0.25) is 0 Å². The first-order valence-electron chi connectivity index (χ1n) is 7.79. The molecule has 0 unspecified atom stereocenters. The predicted octanol–water partition coefficient (Wildman–Crippen LogP) is 4.29.